The van der Waals surface area contributed by atoms with Gasteiger partial charge in [0.05, 0.1) is 11.9 Å². The summed E-state index contributed by atoms with van der Waals surface area (Å²) >= 11 is 7.44. The molecule has 0 aliphatic carbocycles. The van der Waals surface area contributed by atoms with Gasteiger partial charge in [0.25, 0.3) is 5.56 Å². The van der Waals surface area contributed by atoms with Gasteiger partial charge in [-0.2, -0.15) is 0 Å². The van der Waals surface area contributed by atoms with Crippen LogP contribution in [0.1, 0.15) is 24.4 Å². The topological polar surface area (TPSA) is 57.8 Å². The third kappa shape index (κ3) is 3.81. The summed E-state index contributed by atoms with van der Waals surface area (Å²) in [6.07, 6.45) is 0. The Balaban J connectivity index is 1.59. The van der Waals surface area contributed by atoms with Crippen molar-refractivity contribution in [2.24, 2.45) is 0 Å². The van der Waals surface area contributed by atoms with Gasteiger partial charge in [0, 0.05) is 22.0 Å². The van der Waals surface area contributed by atoms with Gasteiger partial charge >= 0.3 is 0 Å². The smallest absolute Gasteiger partial charge is 0.260 e. The number of H-pyrrole nitrogens is 1. The predicted octanol–water partition coefficient (Wildman–Crippen LogP) is 5.16. The molecular weight excluding hydrogens is 378 g/mol. The number of halogens is 1. The Morgan fingerprint density at radius 2 is 1.89 bits per heavy atom. The first-order valence-electron chi connectivity index (χ1n) is 8.66. The largest absolute Gasteiger partial charge is 0.309 e. The molecule has 1 atom stereocenters. The molecule has 2 aromatic carbocycles. The number of rotatable bonds is 5. The van der Waals surface area contributed by atoms with Gasteiger partial charge in [-0.1, -0.05) is 54.1 Å². The summed E-state index contributed by atoms with van der Waals surface area (Å²) < 4.78 is 0. The van der Waals surface area contributed by atoms with E-state index < -0.39 is 0 Å². The van der Waals surface area contributed by atoms with Crippen molar-refractivity contribution in [1.82, 2.24) is 15.3 Å². The van der Waals surface area contributed by atoms with Crippen LogP contribution in [0.15, 0.2) is 64.8 Å². The lowest BCUT2D eigenvalue weighted by Gasteiger charge is -2.13. The maximum absolute atomic E-state index is 12.7. The van der Waals surface area contributed by atoms with E-state index in [1.807, 2.05) is 47.8 Å². The second kappa shape index (κ2) is 7.64. The number of nitrogens with one attached hydrogen (secondary N) is 2. The van der Waals surface area contributed by atoms with Gasteiger partial charge in [-0.15, -0.1) is 11.3 Å². The molecule has 0 fully saturated rings. The fourth-order valence-corrected chi connectivity index (χ4v) is 4.12. The average Bonchev–Trinajstić information content (AvgIpc) is 3.12. The Morgan fingerprint density at radius 3 is 2.63 bits per heavy atom. The van der Waals surface area contributed by atoms with Crippen LogP contribution in [0.4, 0.5) is 0 Å². The minimum absolute atomic E-state index is 0.115. The summed E-state index contributed by atoms with van der Waals surface area (Å²) in [6, 6.07) is 17.8. The third-order valence-electron chi connectivity index (χ3n) is 4.52. The number of aromatic amines is 1. The number of hydrogen-bond acceptors (Lipinski definition) is 4. The Morgan fingerprint density at radius 1 is 1.15 bits per heavy atom. The third-order valence-corrected chi connectivity index (χ3v) is 5.65. The molecule has 0 aliphatic heterocycles. The van der Waals surface area contributed by atoms with Gasteiger partial charge in [0.2, 0.25) is 0 Å². The maximum Gasteiger partial charge on any atom is 0.260 e. The van der Waals surface area contributed by atoms with Crippen LogP contribution in [0, 0.1) is 0 Å². The van der Waals surface area contributed by atoms with E-state index in [0.717, 1.165) is 16.0 Å². The fourth-order valence-electron chi connectivity index (χ4n) is 3.03. The maximum atomic E-state index is 12.7. The fraction of sp³-hybridized carbons (Fsp3) is 0.143. The SMILES string of the molecule is C[C@@H](NCc1nc2scc(-c3ccc(Cl)cc3)c2c(=O)[nH]1)c1ccccc1. The highest BCUT2D eigenvalue weighted by Crippen LogP contribution is 2.31. The van der Waals surface area contributed by atoms with E-state index in [9.17, 15) is 4.79 Å². The first-order chi connectivity index (χ1) is 13.1. The van der Waals surface area contributed by atoms with Crippen molar-refractivity contribution in [3.8, 4) is 11.1 Å². The van der Waals surface area contributed by atoms with Crippen LogP contribution in [0.3, 0.4) is 0 Å². The standard InChI is InChI=1S/C21H18ClN3OS/c1-13(14-5-3-2-4-6-14)23-11-18-24-20(26)19-17(12-27-21(19)25-18)15-7-9-16(22)10-8-15/h2-10,12-13,23H,11H2,1H3,(H,24,25,26)/t13-/m1/s1. The van der Waals surface area contributed by atoms with Gasteiger partial charge in [-0.25, -0.2) is 4.98 Å². The van der Waals surface area contributed by atoms with Crippen LogP contribution in [0.25, 0.3) is 21.3 Å². The van der Waals surface area contributed by atoms with Gasteiger partial charge in [0.15, 0.2) is 0 Å². The quantitative estimate of drug-likeness (QED) is 0.491. The summed E-state index contributed by atoms with van der Waals surface area (Å²) in [4.78, 5) is 21.0. The summed E-state index contributed by atoms with van der Waals surface area (Å²) in [5.74, 6) is 0.639. The van der Waals surface area contributed by atoms with E-state index in [2.05, 4.69) is 34.3 Å². The molecule has 0 saturated heterocycles. The first kappa shape index (κ1) is 17.9. The molecule has 0 saturated carbocycles. The molecule has 2 heterocycles. The number of nitrogens with zero attached hydrogens (tertiary/aromatic N) is 1. The van der Waals surface area contributed by atoms with Crippen LogP contribution in [-0.2, 0) is 6.54 Å². The normalized spacial score (nSPS) is 12.4. The summed E-state index contributed by atoms with van der Waals surface area (Å²) in [5.41, 5.74) is 2.93. The zero-order chi connectivity index (χ0) is 18.8. The minimum atomic E-state index is -0.115. The second-order valence-corrected chi connectivity index (χ2v) is 7.66. The Bertz CT molecular complexity index is 1120. The van der Waals surface area contributed by atoms with Crippen molar-refractivity contribution in [3.05, 3.63) is 86.7 Å². The molecule has 6 heteroatoms. The number of thiophene rings is 1. The molecule has 2 N–H and O–H groups in total. The molecule has 0 bridgehead atoms. The van der Waals surface area contributed by atoms with Crippen LogP contribution < -0.4 is 10.9 Å². The molecule has 2 aromatic heterocycles. The lowest BCUT2D eigenvalue weighted by atomic mass is 10.1. The zero-order valence-electron chi connectivity index (χ0n) is 14.7. The van der Waals surface area contributed by atoms with Crippen LogP contribution in [0.2, 0.25) is 5.02 Å². The summed E-state index contributed by atoms with van der Waals surface area (Å²) in [7, 11) is 0. The van der Waals surface area contributed by atoms with E-state index in [-0.39, 0.29) is 11.6 Å². The first-order valence-corrected chi connectivity index (χ1v) is 9.92. The van der Waals surface area contributed by atoms with Crippen molar-refractivity contribution in [3.63, 3.8) is 0 Å². The van der Waals surface area contributed by atoms with E-state index in [0.29, 0.717) is 22.8 Å². The Kier molecular flexibility index (Phi) is 5.07. The molecule has 136 valence electrons. The number of aromatic nitrogens is 2. The molecule has 0 radical (unpaired) electrons. The molecule has 27 heavy (non-hydrogen) atoms. The Labute approximate surface area is 165 Å². The van der Waals surface area contributed by atoms with Gasteiger partial charge in [0.1, 0.15) is 10.7 Å². The van der Waals surface area contributed by atoms with Crippen molar-refractivity contribution >= 4 is 33.2 Å². The predicted molar refractivity (Wildman–Crippen MR) is 112 cm³/mol. The molecule has 0 aliphatic rings. The van der Waals surface area contributed by atoms with Crippen molar-refractivity contribution in [2.45, 2.75) is 19.5 Å². The molecule has 4 rings (SSSR count). The lowest BCUT2D eigenvalue weighted by molar-refractivity contribution is 0.559. The van der Waals surface area contributed by atoms with Crippen LogP contribution >= 0.6 is 22.9 Å². The highest BCUT2D eigenvalue weighted by Gasteiger charge is 2.13. The Hall–Kier alpha value is -2.47. The minimum Gasteiger partial charge on any atom is -0.309 e. The van der Waals surface area contributed by atoms with Crippen LogP contribution in [-0.4, -0.2) is 9.97 Å². The second-order valence-electron chi connectivity index (χ2n) is 6.36. The number of hydrogen-bond donors (Lipinski definition) is 2. The molecular formula is C21H18ClN3OS. The van der Waals surface area contributed by atoms with Gasteiger partial charge in [-0.3, -0.25) is 4.79 Å². The van der Waals surface area contributed by atoms with E-state index in [1.165, 1.54) is 16.9 Å². The number of fused-ring (bicyclic) bond motifs is 1. The van der Waals surface area contributed by atoms with E-state index >= 15 is 0 Å². The van der Waals surface area contributed by atoms with Crippen LogP contribution in [0.5, 0.6) is 0 Å². The average molecular weight is 396 g/mol. The van der Waals surface area contributed by atoms with Gasteiger partial charge in [-0.05, 0) is 30.2 Å². The lowest BCUT2D eigenvalue weighted by Crippen LogP contribution is -2.22. The molecule has 4 aromatic rings. The van der Waals surface area contributed by atoms with Crippen molar-refractivity contribution in [1.29, 1.82) is 0 Å². The summed E-state index contributed by atoms with van der Waals surface area (Å²) in [5, 5.41) is 6.68. The molecule has 0 amide bonds. The molecule has 0 unspecified atom stereocenters. The molecule has 0 spiro atoms. The van der Waals surface area contributed by atoms with Crippen molar-refractivity contribution in [2.75, 3.05) is 0 Å². The summed E-state index contributed by atoms with van der Waals surface area (Å²) in [6.45, 7) is 2.59. The molecule has 4 nitrogen and oxygen atoms in total. The zero-order valence-corrected chi connectivity index (χ0v) is 16.3. The number of benzene rings is 2. The van der Waals surface area contributed by atoms with E-state index in [1.54, 1.807) is 0 Å². The monoisotopic (exact) mass is 395 g/mol. The van der Waals surface area contributed by atoms with Gasteiger partial charge < -0.3 is 10.3 Å². The van der Waals surface area contributed by atoms with Crippen molar-refractivity contribution < 1.29 is 0 Å². The van der Waals surface area contributed by atoms with E-state index in [4.69, 9.17) is 11.6 Å². The highest BCUT2D eigenvalue weighted by molar-refractivity contribution is 7.17. The highest BCUT2D eigenvalue weighted by atomic mass is 35.5.